The quantitative estimate of drug-likeness (QED) is 0.881. The fourth-order valence-corrected chi connectivity index (χ4v) is 2.69. The van der Waals surface area contributed by atoms with E-state index >= 15 is 0 Å². The van der Waals surface area contributed by atoms with E-state index in [0.717, 1.165) is 25.1 Å². The molecule has 0 saturated carbocycles. The van der Waals surface area contributed by atoms with E-state index in [-0.39, 0.29) is 0 Å². The molecule has 0 saturated heterocycles. The van der Waals surface area contributed by atoms with Gasteiger partial charge >= 0.3 is 0 Å². The van der Waals surface area contributed by atoms with Crippen LogP contribution < -0.4 is 10.1 Å². The standard InChI is InChI=1S/C16H25NO/c1-16(2,3)13(11-17-4)10-14-9-12-7-5-6-8-15(12)18-14/h5-8,13-14,17H,9-11H2,1-4H3. The Bertz CT molecular complexity index is 369. The first-order valence-electron chi connectivity index (χ1n) is 6.90. The van der Waals surface area contributed by atoms with Gasteiger partial charge in [-0.15, -0.1) is 0 Å². The number of ether oxygens (including phenoxy) is 1. The second-order valence-electron chi connectivity index (χ2n) is 6.41. The number of para-hydroxylation sites is 1. The van der Waals surface area contributed by atoms with E-state index in [4.69, 9.17) is 4.74 Å². The van der Waals surface area contributed by atoms with E-state index in [1.54, 1.807) is 0 Å². The molecule has 100 valence electrons. The van der Waals surface area contributed by atoms with Crippen molar-refractivity contribution in [2.75, 3.05) is 13.6 Å². The highest BCUT2D eigenvalue weighted by Crippen LogP contribution is 2.35. The summed E-state index contributed by atoms with van der Waals surface area (Å²) in [5, 5.41) is 3.31. The average Bonchev–Trinajstić information content (AvgIpc) is 2.69. The van der Waals surface area contributed by atoms with Crippen LogP contribution in [0.1, 0.15) is 32.8 Å². The van der Waals surface area contributed by atoms with Crippen LogP contribution in [0.15, 0.2) is 24.3 Å². The Labute approximate surface area is 111 Å². The predicted octanol–water partition coefficient (Wildman–Crippen LogP) is 3.26. The van der Waals surface area contributed by atoms with Crippen LogP contribution in [0, 0.1) is 11.3 Å². The number of fused-ring (bicyclic) bond motifs is 1. The molecule has 0 spiro atoms. The molecule has 0 bridgehead atoms. The molecule has 0 radical (unpaired) electrons. The molecule has 0 aliphatic carbocycles. The molecule has 1 heterocycles. The summed E-state index contributed by atoms with van der Waals surface area (Å²) in [6, 6.07) is 8.41. The van der Waals surface area contributed by atoms with Gasteiger partial charge in [-0.3, -0.25) is 0 Å². The van der Waals surface area contributed by atoms with Crippen molar-refractivity contribution in [1.29, 1.82) is 0 Å². The van der Waals surface area contributed by atoms with Gasteiger partial charge in [0.05, 0.1) is 0 Å². The van der Waals surface area contributed by atoms with E-state index in [1.165, 1.54) is 5.56 Å². The first-order chi connectivity index (χ1) is 8.50. The molecule has 1 N–H and O–H groups in total. The third-order valence-corrected chi connectivity index (χ3v) is 3.94. The van der Waals surface area contributed by atoms with Crippen LogP contribution in [0.2, 0.25) is 0 Å². The molecule has 2 heteroatoms. The maximum atomic E-state index is 6.05. The topological polar surface area (TPSA) is 21.3 Å². The number of benzene rings is 1. The van der Waals surface area contributed by atoms with Crippen LogP contribution in [-0.4, -0.2) is 19.7 Å². The smallest absolute Gasteiger partial charge is 0.123 e. The van der Waals surface area contributed by atoms with Gasteiger partial charge in [0.1, 0.15) is 11.9 Å². The summed E-state index contributed by atoms with van der Waals surface area (Å²) in [6.07, 6.45) is 2.53. The van der Waals surface area contributed by atoms with E-state index in [2.05, 4.69) is 50.4 Å². The van der Waals surface area contributed by atoms with Crippen LogP contribution in [0.25, 0.3) is 0 Å². The molecule has 2 unspecified atom stereocenters. The van der Waals surface area contributed by atoms with Crippen molar-refractivity contribution in [2.24, 2.45) is 11.3 Å². The molecule has 2 rings (SSSR count). The molecule has 2 atom stereocenters. The van der Waals surface area contributed by atoms with Crippen LogP contribution in [0.5, 0.6) is 5.75 Å². The molecule has 1 aliphatic heterocycles. The van der Waals surface area contributed by atoms with Crippen molar-refractivity contribution in [3.8, 4) is 5.75 Å². The molecule has 0 aromatic heterocycles. The fourth-order valence-electron chi connectivity index (χ4n) is 2.69. The average molecular weight is 247 g/mol. The SMILES string of the molecule is CNCC(CC1Cc2ccccc2O1)C(C)(C)C. The molecule has 1 aromatic rings. The Balaban J connectivity index is 1.99. The summed E-state index contributed by atoms with van der Waals surface area (Å²) in [6.45, 7) is 8.00. The molecular formula is C16H25NO. The highest BCUT2D eigenvalue weighted by atomic mass is 16.5. The highest BCUT2D eigenvalue weighted by molar-refractivity contribution is 5.37. The summed E-state index contributed by atoms with van der Waals surface area (Å²) < 4.78 is 6.05. The zero-order chi connectivity index (χ0) is 13.2. The number of hydrogen-bond acceptors (Lipinski definition) is 2. The largest absolute Gasteiger partial charge is 0.490 e. The van der Waals surface area contributed by atoms with Gasteiger partial charge in [0.15, 0.2) is 0 Å². The summed E-state index contributed by atoms with van der Waals surface area (Å²) in [7, 11) is 2.03. The van der Waals surface area contributed by atoms with E-state index in [9.17, 15) is 0 Å². The van der Waals surface area contributed by atoms with Crippen molar-refractivity contribution in [2.45, 2.75) is 39.7 Å². The van der Waals surface area contributed by atoms with Crippen molar-refractivity contribution >= 4 is 0 Å². The first kappa shape index (κ1) is 13.4. The molecule has 1 aliphatic rings. The minimum absolute atomic E-state index is 0.321. The Morgan fingerprint density at radius 2 is 2.06 bits per heavy atom. The monoisotopic (exact) mass is 247 g/mol. The van der Waals surface area contributed by atoms with E-state index in [1.807, 2.05) is 7.05 Å². The van der Waals surface area contributed by atoms with Crippen molar-refractivity contribution in [1.82, 2.24) is 5.32 Å². The van der Waals surface area contributed by atoms with Crippen molar-refractivity contribution in [3.63, 3.8) is 0 Å². The maximum absolute atomic E-state index is 6.05. The lowest BCUT2D eigenvalue weighted by Crippen LogP contribution is -2.34. The second-order valence-corrected chi connectivity index (χ2v) is 6.41. The Morgan fingerprint density at radius 1 is 1.33 bits per heavy atom. The zero-order valence-corrected chi connectivity index (χ0v) is 12.0. The molecule has 1 aromatic carbocycles. The van der Waals surface area contributed by atoms with Gasteiger partial charge in [0.2, 0.25) is 0 Å². The first-order valence-corrected chi connectivity index (χ1v) is 6.90. The summed E-state index contributed by atoms with van der Waals surface area (Å²) in [5.74, 6) is 1.72. The number of nitrogens with one attached hydrogen (secondary N) is 1. The van der Waals surface area contributed by atoms with Crippen LogP contribution in [-0.2, 0) is 6.42 Å². The van der Waals surface area contributed by atoms with Gasteiger partial charge in [0.25, 0.3) is 0 Å². The Hall–Kier alpha value is -1.02. The van der Waals surface area contributed by atoms with Gasteiger partial charge in [-0.1, -0.05) is 39.0 Å². The summed E-state index contributed by atoms with van der Waals surface area (Å²) in [5.41, 5.74) is 1.68. The van der Waals surface area contributed by atoms with Gasteiger partial charge in [-0.05, 0) is 43.0 Å². The van der Waals surface area contributed by atoms with Gasteiger partial charge < -0.3 is 10.1 Å². The third-order valence-electron chi connectivity index (χ3n) is 3.94. The lowest BCUT2D eigenvalue weighted by Gasteiger charge is -2.32. The van der Waals surface area contributed by atoms with Crippen molar-refractivity contribution in [3.05, 3.63) is 29.8 Å². The van der Waals surface area contributed by atoms with E-state index < -0.39 is 0 Å². The highest BCUT2D eigenvalue weighted by Gasteiger charge is 2.30. The minimum atomic E-state index is 0.321. The van der Waals surface area contributed by atoms with Crippen LogP contribution in [0.3, 0.4) is 0 Å². The van der Waals surface area contributed by atoms with E-state index in [0.29, 0.717) is 17.4 Å². The molecule has 18 heavy (non-hydrogen) atoms. The van der Waals surface area contributed by atoms with Crippen LogP contribution in [0.4, 0.5) is 0 Å². The van der Waals surface area contributed by atoms with Crippen LogP contribution >= 0.6 is 0 Å². The molecule has 0 fully saturated rings. The van der Waals surface area contributed by atoms with Gasteiger partial charge in [-0.2, -0.15) is 0 Å². The molecule has 0 amide bonds. The third kappa shape index (κ3) is 3.05. The molecule has 2 nitrogen and oxygen atoms in total. The summed E-state index contributed by atoms with van der Waals surface area (Å²) >= 11 is 0. The zero-order valence-electron chi connectivity index (χ0n) is 12.0. The minimum Gasteiger partial charge on any atom is -0.490 e. The van der Waals surface area contributed by atoms with Gasteiger partial charge in [0, 0.05) is 6.42 Å². The van der Waals surface area contributed by atoms with Gasteiger partial charge in [-0.25, -0.2) is 0 Å². The summed E-state index contributed by atoms with van der Waals surface area (Å²) in [4.78, 5) is 0. The predicted molar refractivity (Wildman–Crippen MR) is 76.1 cm³/mol. The number of rotatable bonds is 4. The second kappa shape index (κ2) is 5.31. The van der Waals surface area contributed by atoms with Crippen molar-refractivity contribution < 1.29 is 4.74 Å². The maximum Gasteiger partial charge on any atom is 0.123 e. The number of hydrogen-bond donors (Lipinski definition) is 1. The normalized spacial score (nSPS) is 20.3. The Kier molecular flexibility index (Phi) is 3.96. The molecular weight excluding hydrogens is 222 g/mol. The lowest BCUT2D eigenvalue weighted by atomic mass is 9.77. The lowest BCUT2D eigenvalue weighted by molar-refractivity contribution is 0.135. The Morgan fingerprint density at radius 3 is 2.67 bits per heavy atom. The fraction of sp³-hybridized carbons (Fsp3) is 0.625.